The van der Waals surface area contributed by atoms with E-state index in [1.807, 2.05) is 31.4 Å². The number of nitrogens with zero attached hydrogens (tertiary/aromatic N) is 2. The third kappa shape index (κ3) is 4.82. The molecule has 0 spiro atoms. The van der Waals surface area contributed by atoms with E-state index in [0.717, 1.165) is 20.7 Å². The molecule has 1 amide bonds. The third-order valence-electron chi connectivity index (χ3n) is 5.65. The van der Waals surface area contributed by atoms with Crippen LogP contribution in [0.4, 0.5) is 0 Å². The van der Waals surface area contributed by atoms with Crippen LogP contribution >= 0.6 is 35.0 Å². The Morgan fingerprint density at radius 1 is 1.16 bits per heavy atom. The number of hydrogen-bond donors (Lipinski definition) is 1. The molecule has 1 unspecified atom stereocenters. The SMILES string of the molecule is Cn1ccc2cc(Sc3ccc(C=CC(=O)N4CCCC(C(=O)O)C4)c(Cl)c3Cl)ccc21. The summed E-state index contributed by atoms with van der Waals surface area (Å²) in [6, 6.07) is 12.0. The van der Waals surface area contributed by atoms with E-state index >= 15 is 0 Å². The summed E-state index contributed by atoms with van der Waals surface area (Å²) >= 11 is 14.6. The number of fused-ring (bicyclic) bond motifs is 1. The minimum Gasteiger partial charge on any atom is -0.481 e. The Morgan fingerprint density at radius 3 is 2.75 bits per heavy atom. The van der Waals surface area contributed by atoms with E-state index in [1.54, 1.807) is 11.0 Å². The lowest BCUT2D eigenvalue weighted by atomic mass is 9.98. The minimum absolute atomic E-state index is 0.224. The zero-order chi connectivity index (χ0) is 22.8. The molecule has 0 bridgehead atoms. The average molecular weight is 489 g/mol. The van der Waals surface area contributed by atoms with Crippen LogP contribution in [0.25, 0.3) is 17.0 Å². The lowest BCUT2D eigenvalue weighted by Crippen LogP contribution is -2.41. The zero-order valence-corrected chi connectivity index (χ0v) is 19.8. The number of amides is 1. The Balaban J connectivity index is 1.48. The van der Waals surface area contributed by atoms with Crippen LogP contribution in [0, 0.1) is 5.92 Å². The first kappa shape index (κ1) is 22.8. The standard InChI is InChI=1S/C24H22Cl2N2O3S/c1-27-12-10-16-13-18(6-7-19(16)27)32-20-8-4-15(22(25)23(20)26)5-9-21(29)28-11-2-3-17(14-28)24(30)31/h4-10,12-13,17H,2-3,11,14H2,1H3,(H,30,31). The van der Waals surface area contributed by atoms with E-state index in [2.05, 4.69) is 22.8 Å². The van der Waals surface area contributed by atoms with Gasteiger partial charge in [-0.15, -0.1) is 0 Å². The van der Waals surface area contributed by atoms with Crippen molar-refractivity contribution in [3.05, 3.63) is 64.3 Å². The fraction of sp³-hybridized carbons (Fsp3) is 0.250. The van der Waals surface area contributed by atoms with E-state index < -0.39 is 11.9 Å². The lowest BCUT2D eigenvalue weighted by Gasteiger charge is -2.29. The highest BCUT2D eigenvalue weighted by molar-refractivity contribution is 7.99. The number of likely N-dealkylation sites (tertiary alicyclic amines) is 1. The second-order valence-electron chi connectivity index (χ2n) is 7.83. The predicted molar refractivity (Wildman–Crippen MR) is 129 cm³/mol. The molecule has 3 aromatic rings. The van der Waals surface area contributed by atoms with Gasteiger partial charge in [0, 0.05) is 53.1 Å². The molecule has 166 valence electrons. The maximum Gasteiger partial charge on any atom is 0.308 e. The molecule has 4 rings (SSSR count). The van der Waals surface area contributed by atoms with Crippen molar-refractivity contribution in [1.29, 1.82) is 0 Å². The van der Waals surface area contributed by atoms with E-state index in [1.165, 1.54) is 17.8 Å². The fourth-order valence-corrected chi connectivity index (χ4v) is 5.33. The highest BCUT2D eigenvalue weighted by Gasteiger charge is 2.27. The van der Waals surface area contributed by atoms with E-state index in [4.69, 9.17) is 23.2 Å². The Hall–Kier alpha value is -2.41. The van der Waals surface area contributed by atoms with Crippen molar-refractivity contribution >= 4 is 63.8 Å². The number of carboxylic acids is 1. The van der Waals surface area contributed by atoms with Crippen molar-refractivity contribution in [1.82, 2.24) is 9.47 Å². The lowest BCUT2D eigenvalue weighted by molar-refractivity contribution is -0.144. The van der Waals surface area contributed by atoms with Gasteiger partial charge in [0.1, 0.15) is 0 Å². The van der Waals surface area contributed by atoms with Crippen molar-refractivity contribution in [3.63, 3.8) is 0 Å². The summed E-state index contributed by atoms with van der Waals surface area (Å²) < 4.78 is 2.07. The molecule has 1 N–H and O–H groups in total. The van der Waals surface area contributed by atoms with Crippen LogP contribution in [0.2, 0.25) is 10.0 Å². The fourth-order valence-electron chi connectivity index (χ4n) is 3.85. The molecule has 1 aliphatic rings. The molecule has 0 aliphatic carbocycles. The first-order chi connectivity index (χ1) is 15.3. The van der Waals surface area contributed by atoms with Gasteiger partial charge < -0.3 is 14.6 Å². The number of hydrogen-bond acceptors (Lipinski definition) is 3. The first-order valence-electron chi connectivity index (χ1n) is 10.2. The number of carbonyl (C=O) groups is 2. The topological polar surface area (TPSA) is 62.5 Å². The Labute approximate surface area is 200 Å². The van der Waals surface area contributed by atoms with Crippen LogP contribution in [0.1, 0.15) is 18.4 Å². The molecule has 2 aromatic carbocycles. The molecular formula is C24H22Cl2N2O3S. The van der Waals surface area contributed by atoms with Gasteiger partial charge in [-0.25, -0.2) is 0 Å². The molecule has 0 saturated carbocycles. The average Bonchev–Trinajstić information content (AvgIpc) is 3.16. The van der Waals surface area contributed by atoms with Gasteiger partial charge in [0.15, 0.2) is 0 Å². The third-order valence-corrected chi connectivity index (χ3v) is 7.71. The van der Waals surface area contributed by atoms with Gasteiger partial charge in [0.05, 0.1) is 16.0 Å². The smallest absolute Gasteiger partial charge is 0.308 e. The molecule has 8 heteroatoms. The Morgan fingerprint density at radius 2 is 1.97 bits per heavy atom. The number of carbonyl (C=O) groups excluding carboxylic acids is 1. The second-order valence-corrected chi connectivity index (χ2v) is 9.70. The molecule has 1 saturated heterocycles. The van der Waals surface area contributed by atoms with Gasteiger partial charge in [0.2, 0.25) is 5.91 Å². The summed E-state index contributed by atoms with van der Waals surface area (Å²) in [6.07, 6.45) is 6.37. The molecular weight excluding hydrogens is 467 g/mol. The number of aromatic nitrogens is 1. The molecule has 2 heterocycles. The second kappa shape index (κ2) is 9.61. The summed E-state index contributed by atoms with van der Waals surface area (Å²) in [5.41, 5.74) is 1.80. The van der Waals surface area contributed by atoms with Crippen molar-refractivity contribution in [2.75, 3.05) is 13.1 Å². The largest absolute Gasteiger partial charge is 0.481 e. The molecule has 1 atom stereocenters. The maximum atomic E-state index is 12.5. The van der Waals surface area contributed by atoms with Gasteiger partial charge in [-0.05, 0) is 54.8 Å². The number of piperidine rings is 1. The number of carboxylic acid groups (broad SMARTS) is 1. The Kier molecular flexibility index (Phi) is 6.84. The van der Waals surface area contributed by atoms with E-state index in [9.17, 15) is 14.7 Å². The molecule has 1 aliphatic heterocycles. The normalized spacial score (nSPS) is 16.7. The van der Waals surface area contributed by atoms with Crippen LogP contribution in [0.15, 0.2) is 58.5 Å². The Bertz CT molecular complexity index is 1220. The number of aliphatic carboxylic acids is 1. The minimum atomic E-state index is -0.860. The van der Waals surface area contributed by atoms with Crippen LogP contribution in [-0.4, -0.2) is 39.5 Å². The van der Waals surface area contributed by atoms with Crippen LogP contribution in [0.5, 0.6) is 0 Å². The molecule has 1 fully saturated rings. The van der Waals surface area contributed by atoms with Gasteiger partial charge in [-0.2, -0.15) is 0 Å². The van der Waals surface area contributed by atoms with Crippen LogP contribution in [0.3, 0.4) is 0 Å². The van der Waals surface area contributed by atoms with Crippen molar-refractivity contribution < 1.29 is 14.7 Å². The number of rotatable bonds is 5. The highest BCUT2D eigenvalue weighted by atomic mass is 35.5. The van der Waals surface area contributed by atoms with Crippen LogP contribution < -0.4 is 0 Å². The van der Waals surface area contributed by atoms with E-state index in [-0.39, 0.29) is 12.5 Å². The summed E-state index contributed by atoms with van der Waals surface area (Å²) in [5, 5.41) is 11.2. The maximum absolute atomic E-state index is 12.5. The molecule has 0 radical (unpaired) electrons. The number of halogens is 2. The van der Waals surface area contributed by atoms with Gasteiger partial charge >= 0.3 is 5.97 Å². The zero-order valence-electron chi connectivity index (χ0n) is 17.4. The highest BCUT2D eigenvalue weighted by Crippen LogP contribution is 2.40. The molecule has 32 heavy (non-hydrogen) atoms. The molecule has 5 nitrogen and oxygen atoms in total. The summed E-state index contributed by atoms with van der Waals surface area (Å²) in [4.78, 5) is 27.2. The van der Waals surface area contributed by atoms with Gasteiger partial charge in [-0.3, -0.25) is 9.59 Å². The monoisotopic (exact) mass is 488 g/mol. The van der Waals surface area contributed by atoms with Crippen molar-refractivity contribution in [3.8, 4) is 0 Å². The van der Waals surface area contributed by atoms with Gasteiger partial charge in [0.25, 0.3) is 0 Å². The van der Waals surface area contributed by atoms with Crippen molar-refractivity contribution in [2.24, 2.45) is 13.0 Å². The van der Waals surface area contributed by atoms with Crippen molar-refractivity contribution in [2.45, 2.75) is 22.6 Å². The quantitative estimate of drug-likeness (QED) is 0.449. The summed E-state index contributed by atoms with van der Waals surface area (Å²) in [6.45, 7) is 0.789. The predicted octanol–water partition coefficient (Wildman–Crippen LogP) is 5.97. The van der Waals surface area contributed by atoms with E-state index in [0.29, 0.717) is 35.0 Å². The first-order valence-corrected chi connectivity index (χ1v) is 11.8. The van der Waals surface area contributed by atoms with Gasteiger partial charge in [-0.1, -0.05) is 41.0 Å². The van der Waals surface area contributed by atoms with Crippen LogP contribution in [-0.2, 0) is 16.6 Å². The number of benzene rings is 2. The summed E-state index contributed by atoms with van der Waals surface area (Å²) in [5.74, 6) is -1.59. The molecule has 1 aromatic heterocycles. The number of aryl methyl sites for hydroxylation is 1. The summed E-state index contributed by atoms with van der Waals surface area (Å²) in [7, 11) is 2.01.